The lowest BCUT2D eigenvalue weighted by atomic mass is 9.85. The molecule has 1 heterocycles. The van der Waals surface area contributed by atoms with Crippen molar-refractivity contribution >= 4 is 5.91 Å². The molecule has 4 heteroatoms. The quantitative estimate of drug-likeness (QED) is 0.707. The van der Waals surface area contributed by atoms with Gasteiger partial charge in [0.2, 0.25) is 5.91 Å². The summed E-state index contributed by atoms with van der Waals surface area (Å²) in [4.78, 5) is 16.5. The van der Waals surface area contributed by atoms with E-state index in [1.54, 1.807) is 7.11 Å². The molecule has 1 aliphatic heterocycles. The van der Waals surface area contributed by atoms with E-state index in [2.05, 4.69) is 24.5 Å². The molecule has 0 spiro atoms. The predicted molar refractivity (Wildman–Crippen MR) is 89.8 cm³/mol. The Labute approximate surface area is 134 Å². The summed E-state index contributed by atoms with van der Waals surface area (Å²) in [6, 6.07) is 0. The van der Waals surface area contributed by atoms with Crippen molar-refractivity contribution in [3.63, 3.8) is 0 Å². The van der Waals surface area contributed by atoms with Crippen LogP contribution in [0.15, 0.2) is 23.8 Å². The number of amides is 1. The number of nitrogens with zero attached hydrogens (tertiary/aromatic N) is 2. The van der Waals surface area contributed by atoms with Gasteiger partial charge in [-0.2, -0.15) is 0 Å². The summed E-state index contributed by atoms with van der Waals surface area (Å²) in [6.07, 6.45) is 6.57. The van der Waals surface area contributed by atoms with E-state index in [1.165, 1.54) is 24.0 Å². The van der Waals surface area contributed by atoms with E-state index in [-0.39, 0.29) is 5.91 Å². The maximum absolute atomic E-state index is 12.1. The monoisotopic (exact) mass is 306 g/mol. The molecule has 4 nitrogen and oxygen atoms in total. The van der Waals surface area contributed by atoms with Gasteiger partial charge in [0.25, 0.3) is 0 Å². The number of rotatable bonds is 6. The van der Waals surface area contributed by atoms with E-state index in [9.17, 15) is 4.79 Å². The van der Waals surface area contributed by atoms with Gasteiger partial charge in [-0.1, -0.05) is 23.8 Å². The lowest BCUT2D eigenvalue weighted by molar-refractivity contribution is -0.130. The van der Waals surface area contributed by atoms with Crippen LogP contribution in [-0.2, 0) is 9.53 Å². The first-order chi connectivity index (χ1) is 10.6. The van der Waals surface area contributed by atoms with Gasteiger partial charge in [0.15, 0.2) is 0 Å². The molecule has 124 valence electrons. The number of carbonyl (C=O) groups is 1. The van der Waals surface area contributed by atoms with E-state index in [4.69, 9.17) is 4.74 Å². The summed E-state index contributed by atoms with van der Waals surface area (Å²) >= 11 is 0. The average Bonchev–Trinajstić information content (AvgIpc) is 2.68. The molecule has 1 fully saturated rings. The molecule has 1 amide bonds. The number of ether oxygens (including phenoxy) is 1. The molecule has 0 saturated carbocycles. The second-order valence-corrected chi connectivity index (χ2v) is 6.58. The minimum Gasteiger partial charge on any atom is -0.383 e. The van der Waals surface area contributed by atoms with Gasteiger partial charge in [-0.3, -0.25) is 9.69 Å². The van der Waals surface area contributed by atoms with Gasteiger partial charge in [0.1, 0.15) is 0 Å². The zero-order valence-corrected chi connectivity index (χ0v) is 14.1. The highest BCUT2D eigenvalue weighted by atomic mass is 16.5. The van der Waals surface area contributed by atoms with Crippen molar-refractivity contribution in [2.24, 2.45) is 5.92 Å². The molecule has 0 unspecified atom stereocenters. The Bertz CT molecular complexity index is 431. The number of hydrogen-bond donors (Lipinski definition) is 0. The standard InChI is InChI=1S/C18H30N2O2/c1-15(2)17-6-4-16(5-7-17)14-19-9-8-18(21)20(11-10-19)12-13-22-3/h4,17H,1,5-14H2,2-3H3/t17-/m1/s1. The molecule has 0 radical (unpaired) electrons. The van der Waals surface area contributed by atoms with Crippen molar-refractivity contribution in [2.45, 2.75) is 32.6 Å². The van der Waals surface area contributed by atoms with Crippen LogP contribution >= 0.6 is 0 Å². The van der Waals surface area contributed by atoms with Crippen LogP contribution in [0.4, 0.5) is 0 Å². The Morgan fingerprint density at radius 1 is 1.36 bits per heavy atom. The van der Waals surface area contributed by atoms with Crippen molar-refractivity contribution in [2.75, 3.05) is 46.4 Å². The third-order valence-electron chi connectivity index (χ3n) is 4.87. The Balaban J connectivity index is 1.82. The SMILES string of the molecule is C=C(C)[C@@H]1CC=C(CN2CCC(=O)N(CCOC)CC2)CC1. The Morgan fingerprint density at radius 2 is 2.18 bits per heavy atom. The molecule has 0 aromatic carbocycles. The minimum absolute atomic E-state index is 0.263. The zero-order chi connectivity index (χ0) is 15.9. The highest BCUT2D eigenvalue weighted by Crippen LogP contribution is 2.28. The predicted octanol–water partition coefficient (Wildman–Crippen LogP) is 2.47. The number of methoxy groups -OCH3 is 1. The third kappa shape index (κ3) is 4.96. The van der Waals surface area contributed by atoms with Gasteiger partial charge in [-0.05, 0) is 32.1 Å². The highest BCUT2D eigenvalue weighted by Gasteiger charge is 2.22. The Kier molecular flexibility index (Phi) is 6.65. The van der Waals surface area contributed by atoms with Crippen LogP contribution in [0.2, 0.25) is 0 Å². The van der Waals surface area contributed by atoms with Crippen LogP contribution in [0.25, 0.3) is 0 Å². The molecule has 0 aromatic heterocycles. The van der Waals surface area contributed by atoms with Crippen molar-refractivity contribution in [3.05, 3.63) is 23.8 Å². The lowest BCUT2D eigenvalue weighted by Gasteiger charge is -2.27. The van der Waals surface area contributed by atoms with E-state index in [0.29, 0.717) is 25.5 Å². The minimum atomic E-state index is 0.263. The molecule has 1 atom stereocenters. The van der Waals surface area contributed by atoms with Gasteiger partial charge in [0, 0.05) is 46.3 Å². The average molecular weight is 306 g/mol. The lowest BCUT2D eigenvalue weighted by Crippen LogP contribution is -2.36. The Hall–Kier alpha value is -1.13. The second-order valence-electron chi connectivity index (χ2n) is 6.58. The molecule has 0 aromatic rings. The third-order valence-corrected chi connectivity index (χ3v) is 4.87. The van der Waals surface area contributed by atoms with Crippen LogP contribution in [-0.4, -0.2) is 62.1 Å². The normalized spacial score (nSPS) is 24.1. The van der Waals surface area contributed by atoms with Gasteiger partial charge in [-0.15, -0.1) is 0 Å². The molecule has 2 aliphatic rings. The highest BCUT2D eigenvalue weighted by molar-refractivity contribution is 5.76. The van der Waals surface area contributed by atoms with Gasteiger partial charge in [0.05, 0.1) is 6.61 Å². The van der Waals surface area contributed by atoms with E-state index >= 15 is 0 Å². The van der Waals surface area contributed by atoms with Crippen LogP contribution in [0.1, 0.15) is 32.6 Å². The molecular formula is C18H30N2O2. The fourth-order valence-electron chi connectivity index (χ4n) is 3.27. The maximum atomic E-state index is 12.1. The first-order valence-electron chi connectivity index (χ1n) is 8.42. The molecule has 0 N–H and O–H groups in total. The van der Waals surface area contributed by atoms with Crippen LogP contribution < -0.4 is 0 Å². The topological polar surface area (TPSA) is 32.8 Å². The molecule has 22 heavy (non-hydrogen) atoms. The van der Waals surface area contributed by atoms with Crippen LogP contribution in [0.3, 0.4) is 0 Å². The van der Waals surface area contributed by atoms with Gasteiger partial charge in [-0.25, -0.2) is 0 Å². The van der Waals surface area contributed by atoms with Gasteiger partial charge < -0.3 is 9.64 Å². The maximum Gasteiger partial charge on any atom is 0.223 e. The first kappa shape index (κ1) is 17.2. The summed E-state index contributed by atoms with van der Waals surface area (Å²) in [5.74, 6) is 0.929. The largest absolute Gasteiger partial charge is 0.383 e. The Morgan fingerprint density at radius 3 is 2.82 bits per heavy atom. The first-order valence-corrected chi connectivity index (χ1v) is 8.42. The van der Waals surface area contributed by atoms with Crippen molar-refractivity contribution in [3.8, 4) is 0 Å². The van der Waals surface area contributed by atoms with E-state index in [1.807, 2.05) is 4.90 Å². The van der Waals surface area contributed by atoms with Crippen molar-refractivity contribution in [1.29, 1.82) is 0 Å². The summed E-state index contributed by atoms with van der Waals surface area (Å²) < 4.78 is 5.09. The smallest absolute Gasteiger partial charge is 0.223 e. The molecule has 2 rings (SSSR count). The number of allylic oxidation sites excluding steroid dienone is 2. The molecule has 1 aliphatic carbocycles. The molecule has 0 bridgehead atoms. The molecule has 1 saturated heterocycles. The summed E-state index contributed by atoms with van der Waals surface area (Å²) in [5, 5.41) is 0. The molecular weight excluding hydrogens is 276 g/mol. The van der Waals surface area contributed by atoms with E-state index < -0.39 is 0 Å². The van der Waals surface area contributed by atoms with Crippen LogP contribution in [0.5, 0.6) is 0 Å². The summed E-state index contributed by atoms with van der Waals surface area (Å²) in [7, 11) is 1.68. The summed E-state index contributed by atoms with van der Waals surface area (Å²) in [5.41, 5.74) is 2.85. The zero-order valence-electron chi connectivity index (χ0n) is 14.1. The van der Waals surface area contributed by atoms with E-state index in [0.717, 1.165) is 32.6 Å². The number of carbonyl (C=O) groups excluding carboxylic acids is 1. The fourth-order valence-corrected chi connectivity index (χ4v) is 3.27. The van der Waals surface area contributed by atoms with Gasteiger partial charge >= 0.3 is 0 Å². The van der Waals surface area contributed by atoms with Crippen molar-refractivity contribution < 1.29 is 9.53 Å². The fraction of sp³-hybridized carbons (Fsp3) is 0.722. The second kappa shape index (κ2) is 8.49. The van der Waals surface area contributed by atoms with Crippen molar-refractivity contribution in [1.82, 2.24) is 9.80 Å². The summed E-state index contributed by atoms with van der Waals surface area (Å²) in [6.45, 7) is 11.2. The number of hydrogen-bond acceptors (Lipinski definition) is 3. The van der Waals surface area contributed by atoms with Crippen LogP contribution in [0, 0.1) is 5.92 Å².